The molecule has 1 aliphatic carbocycles. The highest BCUT2D eigenvalue weighted by atomic mass is 16.5. The van der Waals surface area contributed by atoms with Crippen LogP contribution in [0.4, 0.5) is 0 Å². The Morgan fingerprint density at radius 2 is 2.10 bits per heavy atom. The summed E-state index contributed by atoms with van der Waals surface area (Å²) < 4.78 is 4.76. The average molecular weight is 135 g/mol. The minimum absolute atomic E-state index is 0.490. The molecular formula is C8H9NO. The average Bonchev–Trinajstić information content (AvgIpc) is 1.94. The molecular weight excluding hydrogens is 126 g/mol. The van der Waals surface area contributed by atoms with Gasteiger partial charge in [0.15, 0.2) is 0 Å². The molecule has 1 N–H and O–H groups in total. The molecule has 10 heavy (non-hydrogen) atoms. The number of rotatable bonds is 1. The molecule has 0 spiro atoms. The van der Waals surface area contributed by atoms with Gasteiger partial charge in [0, 0.05) is 5.57 Å². The van der Waals surface area contributed by atoms with Crippen molar-refractivity contribution in [1.29, 1.82) is 5.41 Å². The Bertz CT molecular complexity index is 223. The van der Waals surface area contributed by atoms with Crippen molar-refractivity contribution in [3.05, 3.63) is 36.1 Å². The van der Waals surface area contributed by atoms with E-state index in [0.717, 1.165) is 5.57 Å². The van der Waals surface area contributed by atoms with Crippen LogP contribution in [0.25, 0.3) is 0 Å². The zero-order chi connectivity index (χ0) is 7.40. The quantitative estimate of drug-likeness (QED) is 0.545. The van der Waals surface area contributed by atoms with Crippen LogP contribution in [0.5, 0.6) is 0 Å². The lowest BCUT2D eigenvalue weighted by atomic mass is 10.1. The van der Waals surface area contributed by atoms with Crippen LogP contribution in [0.2, 0.25) is 0 Å². The van der Waals surface area contributed by atoms with E-state index in [2.05, 4.69) is 0 Å². The molecule has 0 fully saturated rings. The van der Waals surface area contributed by atoms with Crippen LogP contribution in [-0.4, -0.2) is 12.8 Å². The third-order valence-electron chi connectivity index (χ3n) is 1.21. The summed E-state index contributed by atoms with van der Waals surface area (Å²) in [4.78, 5) is 0. The molecule has 0 amide bonds. The molecule has 0 aliphatic heterocycles. The van der Waals surface area contributed by atoms with E-state index in [0.29, 0.717) is 5.71 Å². The van der Waals surface area contributed by atoms with Gasteiger partial charge in [0.25, 0.3) is 0 Å². The molecule has 1 rings (SSSR count). The van der Waals surface area contributed by atoms with Gasteiger partial charge in [0.1, 0.15) is 0 Å². The van der Waals surface area contributed by atoms with E-state index < -0.39 is 0 Å². The van der Waals surface area contributed by atoms with Gasteiger partial charge >= 0.3 is 0 Å². The predicted octanol–water partition coefficient (Wildman–Crippen LogP) is 1.66. The minimum atomic E-state index is 0.490. The lowest BCUT2D eigenvalue weighted by Crippen LogP contribution is -1.97. The van der Waals surface area contributed by atoms with Gasteiger partial charge in [-0.15, -0.1) is 0 Å². The first-order chi connectivity index (χ1) is 4.84. The third-order valence-corrected chi connectivity index (χ3v) is 1.21. The van der Waals surface area contributed by atoms with Gasteiger partial charge in [0.2, 0.25) is 0 Å². The summed E-state index contributed by atoms with van der Waals surface area (Å²) in [5.41, 5.74) is 1.30. The van der Waals surface area contributed by atoms with Gasteiger partial charge in [-0.1, -0.05) is 12.2 Å². The van der Waals surface area contributed by atoms with Crippen molar-refractivity contribution in [1.82, 2.24) is 0 Å². The van der Waals surface area contributed by atoms with Crippen LogP contribution in [-0.2, 0) is 4.74 Å². The van der Waals surface area contributed by atoms with E-state index in [-0.39, 0.29) is 0 Å². The summed E-state index contributed by atoms with van der Waals surface area (Å²) in [6, 6.07) is 0. The van der Waals surface area contributed by atoms with Crippen molar-refractivity contribution in [2.45, 2.75) is 0 Å². The Labute approximate surface area is 60.0 Å². The second-order valence-corrected chi connectivity index (χ2v) is 1.94. The lowest BCUT2D eigenvalue weighted by molar-refractivity contribution is 0.336. The SMILES string of the molecule is CO/C=C1\C=CC=CC1=N. The Morgan fingerprint density at radius 1 is 1.40 bits per heavy atom. The summed E-state index contributed by atoms with van der Waals surface area (Å²) in [6.45, 7) is 0. The second kappa shape index (κ2) is 3.01. The van der Waals surface area contributed by atoms with Gasteiger partial charge < -0.3 is 10.1 Å². The first kappa shape index (κ1) is 6.81. The molecule has 1 aliphatic rings. The highest BCUT2D eigenvalue weighted by molar-refractivity contribution is 6.09. The fourth-order valence-electron chi connectivity index (χ4n) is 0.727. The Kier molecular flexibility index (Phi) is 2.05. The van der Waals surface area contributed by atoms with Crippen LogP contribution in [0.1, 0.15) is 0 Å². The molecule has 0 saturated carbocycles. The first-order valence-corrected chi connectivity index (χ1v) is 3.01. The molecule has 0 saturated heterocycles. The third kappa shape index (κ3) is 1.35. The molecule has 52 valence electrons. The summed E-state index contributed by atoms with van der Waals surface area (Å²) >= 11 is 0. The highest BCUT2D eigenvalue weighted by Crippen LogP contribution is 2.05. The van der Waals surface area contributed by atoms with Crippen molar-refractivity contribution in [3.63, 3.8) is 0 Å². The van der Waals surface area contributed by atoms with Gasteiger partial charge in [-0.2, -0.15) is 0 Å². The van der Waals surface area contributed by atoms with E-state index in [9.17, 15) is 0 Å². The zero-order valence-electron chi connectivity index (χ0n) is 5.79. The number of allylic oxidation sites excluding steroid dienone is 5. The molecule has 0 aromatic carbocycles. The molecule has 0 aromatic rings. The molecule has 2 heteroatoms. The van der Waals surface area contributed by atoms with Crippen molar-refractivity contribution in [2.24, 2.45) is 0 Å². The molecule has 0 bridgehead atoms. The Hall–Kier alpha value is -1.31. The maximum atomic E-state index is 7.36. The monoisotopic (exact) mass is 135 g/mol. The number of ether oxygens (including phenoxy) is 1. The number of hydrogen-bond donors (Lipinski definition) is 1. The molecule has 0 radical (unpaired) electrons. The van der Waals surface area contributed by atoms with Gasteiger partial charge in [-0.3, -0.25) is 0 Å². The van der Waals surface area contributed by atoms with E-state index in [1.807, 2.05) is 18.2 Å². The van der Waals surface area contributed by atoms with E-state index in [1.54, 1.807) is 19.4 Å². The Balaban J connectivity index is 2.80. The molecule has 0 unspecified atom stereocenters. The minimum Gasteiger partial charge on any atom is -0.504 e. The maximum absolute atomic E-state index is 7.36. The summed E-state index contributed by atoms with van der Waals surface area (Å²) in [6.07, 6.45) is 8.83. The van der Waals surface area contributed by atoms with E-state index in [1.165, 1.54) is 0 Å². The van der Waals surface area contributed by atoms with Gasteiger partial charge in [-0.25, -0.2) is 0 Å². The smallest absolute Gasteiger partial charge is 0.0918 e. The van der Waals surface area contributed by atoms with Crippen LogP contribution < -0.4 is 0 Å². The molecule has 0 atom stereocenters. The number of hydrogen-bond acceptors (Lipinski definition) is 2. The fraction of sp³-hybridized carbons (Fsp3) is 0.125. The van der Waals surface area contributed by atoms with Crippen molar-refractivity contribution >= 4 is 5.71 Å². The first-order valence-electron chi connectivity index (χ1n) is 3.01. The summed E-state index contributed by atoms with van der Waals surface area (Å²) in [7, 11) is 1.58. The fourth-order valence-corrected chi connectivity index (χ4v) is 0.727. The van der Waals surface area contributed by atoms with Crippen LogP contribution in [0.3, 0.4) is 0 Å². The zero-order valence-corrected chi connectivity index (χ0v) is 5.79. The van der Waals surface area contributed by atoms with Crippen LogP contribution >= 0.6 is 0 Å². The van der Waals surface area contributed by atoms with Gasteiger partial charge in [0.05, 0.1) is 19.1 Å². The van der Waals surface area contributed by atoms with Crippen LogP contribution in [0, 0.1) is 5.41 Å². The molecule has 2 nitrogen and oxygen atoms in total. The largest absolute Gasteiger partial charge is 0.504 e. The van der Waals surface area contributed by atoms with Crippen LogP contribution in [0.15, 0.2) is 36.1 Å². The van der Waals surface area contributed by atoms with Gasteiger partial charge in [-0.05, 0) is 12.2 Å². The van der Waals surface area contributed by atoms with Crippen molar-refractivity contribution in [2.75, 3.05) is 7.11 Å². The van der Waals surface area contributed by atoms with Crippen molar-refractivity contribution in [3.8, 4) is 0 Å². The highest BCUT2D eigenvalue weighted by Gasteiger charge is 1.99. The molecule has 0 heterocycles. The molecule has 0 aromatic heterocycles. The Morgan fingerprint density at radius 3 is 2.70 bits per heavy atom. The lowest BCUT2D eigenvalue weighted by Gasteiger charge is -2.01. The number of methoxy groups -OCH3 is 1. The van der Waals surface area contributed by atoms with Crippen molar-refractivity contribution < 1.29 is 4.74 Å². The van der Waals surface area contributed by atoms with E-state index in [4.69, 9.17) is 10.1 Å². The number of nitrogens with one attached hydrogen (secondary N) is 1. The summed E-state index contributed by atoms with van der Waals surface area (Å²) in [5.74, 6) is 0. The topological polar surface area (TPSA) is 33.1 Å². The van der Waals surface area contributed by atoms with E-state index >= 15 is 0 Å². The predicted molar refractivity (Wildman–Crippen MR) is 41.1 cm³/mol. The standard InChI is InChI=1S/C8H9NO/c1-10-6-7-4-2-3-5-8(7)9/h2-6,9H,1H3/b7-6+,9-8?. The maximum Gasteiger partial charge on any atom is 0.0918 e. The normalized spacial score (nSPS) is 20.1. The second-order valence-electron chi connectivity index (χ2n) is 1.94. The summed E-state index contributed by atoms with van der Waals surface area (Å²) in [5, 5.41) is 7.36.